The van der Waals surface area contributed by atoms with Gasteiger partial charge < -0.3 is 9.47 Å². The lowest BCUT2D eigenvalue weighted by molar-refractivity contribution is -0.113. The first-order valence-electron chi connectivity index (χ1n) is 13.6. The Morgan fingerprint density at radius 2 is 1.94 bits per heavy atom. The monoisotopic (exact) mass is 465 g/mol. The van der Waals surface area contributed by atoms with Crippen LogP contribution in [-0.4, -0.2) is 25.3 Å². The van der Waals surface area contributed by atoms with Crippen LogP contribution in [-0.2, 0) is 9.47 Å². The van der Waals surface area contributed by atoms with E-state index in [1.165, 1.54) is 19.3 Å². The van der Waals surface area contributed by atoms with Crippen LogP contribution in [0.2, 0.25) is 0 Å². The van der Waals surface area contributed by atoms with E-state index in [1.54, 1.807) is 0 Å². The maximum absolute atomic E-state index is 12.9. The van der Waals surface area contributed by atoms with Crippen LogP contribution in [0.15, 0.2) is 30.3 Å². The highest BCUT2D eigenvalue weighted by Crippen LogP contribution is 2.62. The Bertz CT molecular complexity index is 864. The molecule has 1 aromatic carbocycles. The average Bonchev–Trinajstić information content (AvgIpc) is 3.19. The molecule has 4 nitrogen and oxygen atoms in total. The standard InChI is InChI=1S/C30H43NO3/c1-5-9-20(2)27(34-29(32)22-10-7-6-8-11-22)17-21-12-14-24-25(16-21)28(33-4)18-30(3)23(19-31)13-15-26(24)30/h6-8,10-11,20-21,23-28H,5,9,12-18H2,1-4H3/t20-,21+,23+,24+,25+,26-,27-,28-,30+/m0/s1. The van der Waals surface area contributed by atoms with Crippen molar-refractivity contribution >= 4 is 5.97 Å². The molecule has 3 aliphatic rings. The smallest absolute Gasteiger partial charge is 0.338 e. The summed E-state index contributed by atoms with van der Waals surface area (Å²) in [6.07, 6.45) is 10.1. The van der Waals surface area contributed by atoms with E-state index in [-0.39, 0.29) is 29.5 Å². The van der Waals surface area contributed by atoms with Crippen molar-refractivity contribution in [2.45, 2.75) is 90.8 Å². The second kappa shape index (κ2) is 10.8. The molecule has 0 heterocycles. The highest BCUT2D eigenvalue weighted by molar-refractivity contribution is 5.89. The fourth-order valence-corrected chi connectivity index (χ4v) is 7.92. The third kappa shape index (κ3) is 4.92. The largest absolute Gasteiger partial charge is 0.458 e. The molecule has 0 aromatic heterocycles. The minimum absolute atomic E-state index is 0.0430. The molecule has 34 heavy (non-hydrogen) atoms. The summed E-state index contributed by atoms with van der Waals surface area (Å²) in [4.78, 5) is 12.9. The maximum Gasteiger partial charge on any atom is 0.338 e. The number of ether oxygens (including phenoxy) is 2. The lowest BCUT2D eigenvalue weighted by Gasteiger charge is -2.54. The first-order valence-corrected chi connectivity index (χ1v) is 13.6. The minimum Gasteiger partial charge on any atom is -0.458 e. The summed E-state index contributed by atoms with van der Waals surface area (Å²) in [7, 11) is 1.86. The number of nitriles is 1. The number of nitrogens with zero attached hydrogens (tertiary/aromatic N) is 1. The fraction of sp³-hybridized carbons (Fsp3) is 0.733. The number of rotatable bonds is 8. The maximum atomic E-state index is 12.9. The Morgan fingerprint density at radius 3 is 2.62 bits per heavy atom. The van der Waals surface area contributed by atoms with Gasteiger partial charge in [-0.05, 0) is 92.1 Å². The molecule has 0 bridgehead atoms. The third-order valence-electron chi connectivity index (χ3n) is 9.78. The van der Waals surface area contributed by atoms with Crippen LogP contribution in [0.3, 0.4) is 0 Å². The summed E-state index contributed by atoms with van der Waals surface area (Å²) in [5.74, 6) is 2.77. The Hall–Kier alpha value is -1.86. The molecule has 0 amide bonds. The van der Waals surface area contributed by atoms with Crippen molar-refractivity contribution in [3.63, 3.8) is 0 Å². The highest BCUT2D eigenvalue weighted by atomic mass is 16.5. The first-order chi connectivity index (χ1) is 16.4. The quantitative estimate of drug-likeness (QED) is 0.386. The molecular formula is C30H43NO3. The highest BCUT2D eigenvalue weighted by Gasteiger charge is 2.58. The molecule has 3 saturated carbocycles. The number of benzene rings is 1. The van der Waals surface area contributed by atoms with Crippen molar-refractivity contribution in [1.29, 1.82) is 5.26 Å². The molecule has 0 unspecified atom stereocenters. The molecule has 3 aliphatic carbocycles. The van der Waals surface area contributed by atoms with Gasteiger partial charge in [-0.25, -0.2) is 4.79 Å². The molecule has 4 rings (SSSR count). The zero-order valence-corrected chi connectivity index (χ0v) is 21.5. The van der Waals surface area contributed by atoms with E-state index in [9.17, 15) is 10.1 Å². The normalized spacial score (nSPS) is 36.6. The van der Waals surface area contributed by atoms with Crippen LogP contribution in [0.1, 0.15) is 88.9 Å². The van der Waals surface area contributed by atoms with Gasteiger partial charge in [-0.2, -0.15) is 5.26 Å². The van der Waals surface area contributed by atoms with E-state index in [1.807, 2.05) is 37.4 Å². The second-order valence-corrected chi connectivity index (χ2v) is 11.7. The van der Waals surface area contributed by atoms with Crippen molar-refractivity contribution in [3.05, 3.63) is 35.9 Å². The molecule has 0 N–H and O–H groups in total. The topological polar surface area (TPSA) is 59.3 Å². The van der Waals surface area contributed by atoms with E-state index < -0.39 is 0 Å². The Balaban J connectivity index is 1.46. The van der Waals surface area contributed by atoms with Gasteiger partial charge in [-0.3, -0.25) is 0 Å². The van der Waals surface area contributed by atoms with Gasteiger partial charge in [0, 0.05) is 7.11 Å². The third-order valence-corrected chi connectivity index (χ3v) is 9.78. The lowest BCUT2D eigenvalue weighted by Crippen LogP contribution is -2.51. The molecule has 0 radical (unpaired) electrons. The number of carbonyl (C=O) groups excluding carboxylic acids is 1. The summed E-state index contributed by atoms with van der Waals surface area (Å²) in [5.41, 5.74) is 0.742. The van der Waals surface area contributed by atoms with Crippen LogP contribution in [0.5, 0.6) is 0 Å². The summed E-state index contributed by atoms with van der Waals surface area (Å²) in [5, 5.41) is 9.78. The summed E-state index contributed by atoms with van der Waals surface area (Å²) >= 11 is 0. The number of esters is 1. The van der Waals surface area contributed by atoms with E-state index in [0.29, 0.717) is 35.2 Å². The molecule has 186 valence electrons. The van der Waals surface area contributed by atoms with E-state index in [2.05, 4.69) is 26.8 Å². The molecule has 9 atom stereocenters. The first kappa shape index (κ1) is 25.2. The number of methoxy groups -OCH3 is 1. The van der Waals surface area contributed by atoms with E-state index >= 15 is 0 Å². The average molecular weight is 466 g/mol. The fourth-order valence-electron chi connectivity index (χ4n) is 7.92. The van der Waals surface area contributed by atoms with Gasteiger partial charge in [0.15, 0.2) is 0 Å². The van der Waals surface area contributed by atoms with Crippen molar-refractivity contribution in [2.75, 3.05) is 7.11 Å². The lowest BCUT2D eigenvalue weighted by atomic mass is 9.53. The van der Waals surface area contributed by atoms with Crippen molar-refractivity contribution < 1.29 is 14.3 Å². The SMILES string of the molecule is CCC[C@H](C)[C@H](C[C@@H]1CC[C@@H]2[C@@H](C1)[C@@H](OC)C[C@]1(C)[C@@H](C#N)CC[C@@H]21)OC(=O)c1ccccc1. The van der Waals surface area contributed by atoms with Crippen molar-refractivity contribution in [2.24, 2.45) is 40.9 Å². The molecule has 1 aromatic rings. The van der Waals surface area contributed by atoms with Gasteiger partial charge in [0.25, 0.3) is 0 Å². The van der Waals surface area contributed by atoms with Gasteiger partial charge in [0.05, 0.1) is 23.7 Å². The van der Waals surface area contributed by atoms with Crippen LogP contribution < -0.4 is 0 Å². The second-order valence-electron chi connectivity index (χ2n) is 11.7. The van der Waals surface area contributed by atoms with Gasteiger partial charge in [0.1, 0.15) is 6.10 Å². The van der Waals surface area contributed by atoms with Crippen molar-refractivity contribution in [1.82, 2.24) is 0 Å². The molecule has 3 fully saturated rings. The molecule has 0 spiro atoms. The van der Waals surface area contributed by atoms with Crippen LogP contribution >= 0.6 is 0 Å². The molecule has 0 aliphatic heterocycles. The molecule has 0 saturated heterocycles. The zero-order chi connectivity index (χ0) is 24.3. The summed E-state index contributed by atoms with van der Waals surface area (Å²) in [6.45, 7) is 6.80. The van der Waals surface area contributed by atoms with Crippen LogP contribution in [0.4, 0.5) is 0 Å². The van der Waals surface area contributed by atoms with Gasteiger partial charge in [-0.15, -0.1) is 0 Å². The number of hydrogen-bond donors (Lipinski definition) is 0. The van der Waals surface area contributed by atoms with E-state index in [4.69, 9.17) is 9.47 Å². The number of hydrogen-bond acceptors (Lipinski definition) is 4. The molecular weight excluding hydrogens is 422 g/mol. The van der Waals surface area contributed by atoms with Gasteiger partial charge >= 0.3 is 5.97 Å². The summed E-state index contributed by atoms with van der Waals surface area (Å²) < 4.78 is 12.2. The number of fused-ring (bicyclic) bond motifs is 3. The van der Waals surface area contributed by atoms with E-state index in [0.717, 1.165) is 38.5 Å². The Labute approximate surface area is 206 Å². The minimum atomic E-state index is -0.195. The zero-order valence-electron chi connectivity index (χ0n) is 21.5. The Morgan fingerprint density at radius 1 is 1.18 bits per heavy atom. The van der Waals surface area contributed by atoms with Gasteiger partial charge in [0.2, 0.25) is 0 Å². The van der Waals surface area contributed by atoms with Gasteiger partial charge in [-0.1, -0.05) is 51.8 Å². The Kier molecular flexibility index (Phi) is 8.03. The number of carbonyl (C=O) groups is 1. The van der Waals surface area contributed by atoms with Crippen LogP contribution in [0, 0.1) is 52.3 Å². The predicted octanol–water partition coefficient (Wildman–Crippen LogP) is 7.05. The summed E-state index contributed by atoms with van der Waals surface area (Å²) in [6, 6.07) is 12.0. The predicted molar refractivity (Wildman–Crippen MR) is 134 cm³/mol. The van der Waals surface area contributed by atoms with Crippen LogP contribution in [0.25, 0.3) is 0 Å². The molecule has 4 heteroatoms. The van der Waals surface area contributed by atoms with Crippen molar-refractivity contribution in [3.8, 4) is 6.07 Å².